The standard InChI is InChI=1S/C12H15NO5S/c1-10-4-6-11(7-5-10)19(16,17)13-12(15)18-9-3-2-8-14/h2-7,14H,8-9H2,1H3,(H,13,15)/b3-2+. The van der Waals surface area contributed by atoms with Crippen LogP contribution in [0.1, 0.15) is 5.56 Å². The lowest BCUT2D eigenvalue weighted by Crippen LogP contribution is -2.31. The molecule has 1 aromatic rings. The molecule has 0 radical (unpaired) electrons. The van der Waals surface area contributed by atoms with Gasteiger partial charge in [0.25, 0.3) is 10.0 Å². The van der Waals surface area contributed by atoms with Gasteiger partial charge in [-0.3, -0.25) is 0 Å². The second-order valence-corrected chi connectivity index (χ2v) is 5.35. The minimum absolute atomic E-state index is 0.0130. The van der Waals surface area contributed by atoms with Crippen molar-refractivity contribution >= 4 is 16.1 Å². The molecule has 0 saturated carbocycles. The Bertz CT molecular complexity index is 548. The van der Waals surface area contributed by atoms with Gasteiger partial charge < -0.3 is 9.84 Å². The molecule has 0 unspecified atom stereocenters. The van der Waals surface area contributed by atoms with E-state index in [4.69, 9.17) is 5.11 Å². The van der Waals surface area contributed by atoms with Gasteiger partial charge in [-0.1, -0.05) is 23.8 Å². The lowest BCUT2D eigenvalue weighted by atomic mass is 10.2. The van der Waals surface area contributed by atoms with E-state index in [-0.39, 0.29) is 18.1 Å². The molecule has 0 fully saturated rings. The van der Waals surface area contributed by atoms with E-state index in [9.17, 15) is 13.2 Å². The number of carbonyl (C=O) groups is 1. The highest BCUT2D eigenvalue weighted by Gasteiger charge is 2.17. The average molecular weight is 285 g/mol. The number of sulfonamides is 1. The molecule has 1 rings (SSSR count). The molecule has 0 spiro atoms. The Morgan fingerprint density at radius 3 is 2.53 bits per heavy atom. The van der Waals surface area contributed by atoms with Crippen molar-refractivity contribution in [3.63, 3.8) is 0 Å². The average Bonchev–Trinajstić information content (AvgIpc) is 2.34. The van der Waals surface area contributed by atoms with E-state index in [1.54, 1.807) is 16.9 Å². The van der Waals surface area contributed by atoms with Crippen LogP contribution in [0.25, 0.3) is 0 Å². The first-order valence-electron chi connectivity index (χ1n) is 5.48. The number of carbonyl (C=O) groups excluding carboxylic acids is 1. The van der Waals surface area contributed by atoms with Gasteiger partial charge in [-0.2, -0.15) is 0 Å². The minimum Gasteiger partial charge on any atom is -0.445 e. The number of hydrogen-bond donors (Lipinski definition) is 2. The molecular formula is C12H15NO5S. The Kier molecular flexibility index (Phi) is 5.53. The first-order chi connectivity index (χ1) is 8.95. The fraction of sp³-hybridized carbons (Fsp3) is 0.250. The molecule has 0 bridgehead atoms. The van der Waals surface area contributed by atoms with Crippen LogP contribution in [0.5, 0.6) is 0 Å². The quantitative estimate of drug-likeness (QED) is 0.786. The largest absolute Gasteiger partial charge is 0.445 e. The van der Waals surface area contributed by atoms with Crippen LogP contribution >= 0.6 is 0 Å². The molecule has 6 nitrogen and oxygen atoms in total. The highest BCUT2D eigenvalue weighted by molar-refractivity contribution is 7.90. The molecule has 104 valence electrons. The normalized spacial score (nSPS) is 11.5. The molecule has 0 heterocycles. The molecule has 0 atom stereocenters. The van der Waals surface area contributed by atoms with Crippen molar-refractivity contribution in [3.05, 3.63) is 42.0 Å². The zero-order valence-corrected chi connectivity index (χ0v) is 11.2. The Morgan fingerprint density at radius 2 is 1.95 bits per heavy atom. The summed E-state index contributed by atoms with van der Waals surface area (Å²) in [4.78, 5) is 11.2. The Morgan fingerprint density at radius 1 is 1.32 bits per heavy atom. The Labute approximate surface area is 111 Å². The number of amides is 1. The number of hydrogen-bond acceptors (Lipinski definition) is 5. The van der Waals surface area contributed by atoms with Crippen molar-refractivity contribution in [3.8, 4) is 0 Å². The summed E-state index contributed by atoms with van der Waals surface area (Å²) in [5, 5.41) is 8.45. The van der Waals surface area contributed by atoms with E-state index in [1.807, 2.05) is 6.92 Å². The van der Waals surface area contributed by atoms with Crippen molar-refractivity contribution in [1.29, 1.82) is 0 Å². The highest BCUT2D eigenvalue weighted by Crippen LogP contribution is 2.09. The van der Waals surface area contributed by atoms with Gasteiger partial charge in [0.05, 0.1) is 11.5 Å². The molecule has 0 aromatic heterocycles. The lowest BCUT2D eigenvalue weighted by molar-refractivity contribution is 0.164. The molecule has 0 aliphatic rings. The fourth-order valence-corrected chi connectivity index (χ4v) is 2.07. The summed E-state index contributed by atoms with van der Waals surface area (Å²) >= 11 is 0. The number of aliphatic hydroxyl groups is 1. The summed E-state index contributed by atoms with van der Waals surface area (Å²) < 4.78 is 29.9. The first kappa shape index (κ1) is 15.2. The third-order valence-electron chi connectivity index (χ3n) is 2.13. The van der Waals surface area contributed by atoms with E-state index in [1.165, 1.54) is 24.3 Å². The summed E-state index contributed by atoms with van der Waals surface area (Å²) in [6, 6.07) is 6.06. The summed E-state index contributed by atoms with van der Waals surface area (Å²) in [5.74, 6) is 0. The lowest BCUT2D eigenvalue weighted by Gasteiger charge is -2.06. The van der Waals surface area contributed by atoms with Gasteiger partial charge in [0.2, 0.25) is 0 Å². The van der Waals surface area contributed by atoms with Crippen molar-refractivity contribution in [2.75, 3.05) is 13.2 Å². The zero-order valence-electron chi connectivity index (χ0n) is 10.4. The van der Waals surface area contributed by atoms with E-state index < -0.39 is 16.1 Å². The van der Waals surface area contributed by atoms with E-state index >= 15 is 0 Å². The molecule has 19 heavy (non-hydrogen) atoms. The van der Waals surface area contributed by atoms with Crippen LogP contribution in [0.15, 0.2) is 41.3 Å². The van der Waals surface area contributed by atoms with Crippen LogP contribution in [0.2, 0.25) is 0 Å². The minimum atomic E-state index is -3.92. The van der Waals surface area contributed by atoms with Gasteiger partial charge in [-0.05, 0) is 25.1 Å². The molecule has 0 aliphatic heterocycles. The third-order valence-corrected chi connectivity index (χ3v) is 3.46. The van der Waals surface area contributed by atoms with Crippen molar-refractivity contribution in [1.82, 2.24) is 4.72 Å². The van der Waals surface area contributed by atoms with Crippen LogP contribution in [0.3, 0.4) is 0 Å². The van der Waals surface area contributed by atoms with Crippen LogP contribution in [-0.2, 0) is 14.8 Å². The fourth-order valence-electron chi connectivity index (χ4n) is 1.18. The molecule has 7 heteroatoms. The van der Waals surface area contributed by atoms with Crippen LogP contribution in [0.4, 0.5) is 4.79 Å². The van der Waals surface area contributed by atoms with Crippen molar-refractivity contribution in [2.45, 2.75) is 11.8 Å². The van der Waals surface area contributed by atoms with E-state index in [0.29, 0.717) is 0 Å². The topological polar surface area (TPSA) is 92.7 Å². The first-order valence-corrected chi connectivity index (χ1v) is 6.96. The molecule has 2 N–H and O–H groups in total. The van der Waals surface area contributed by atoms with Crippen molar-refractivity contribution < 1.29 is 23.1 Å². The van der Waals surface area contributed by atoms with E-state index in [0.717, 1.165) is 5.56 Å². The van der Waals surface area contributed by atoms with Gasteiger partial charge >= 0.3 is 6.09 Å². The van der Waals surface area contributed by atoms with Crippen LogP contribution < -0.4 is 4.72 Å². The predicted octanol–water partition coefficient (Wildman–Crippen LogP) is 0.958. The third kappa shape index (κ3) is 5.11. The summed E-state index contributed by atoms with van der Waals surface area (Å²) in [6.07, 6.45) is 1.71. The zero-order chi connectivity index (χ0) is 14.3. The number of aryl methyl sites for hydroxylation is 1. The maximum atomic E-state index is 11.8. The maximum Gasteiger partial charge on any atom is 0.421 e. The summed E-state index contributed by atoms with van der Waals surface area (Å²) in [7, 11) is -3.92. The molecule has 1 amide bonds. The van der Waals surface area contributed by atoms with Crippen LogP contribution in [0, 0.1) is 6.92 Å². The van der Waals surface area contributed by atoms with Gasteiger partial charge in [0.15, 0.2) is 0 Å². The molecular weight excluding hydrogens is 270 g/mol. The Balaban J connectivity index is 2.62. The smallest absolute Gasteiger partial charge is 0.421 e. The van der Waals surface area contributed by atoms with Gasteiger partial charge in [0, 0.05) is 0 Å². The van der Waals surface area contributed by atoms with E-state index in [2.05, 4.69) is 4.74 Å². The number of aliphatic hydroxyl groups excluding tert-OH is 1. The Hall–Kier alpha value is -1.86. The van der Waals surface area contributed by atoms with Gasteiger partial charge in [0.1, 0.15) is 6.61 Å². The van der Waals surface area contributed by atoms with Gasteiger partial charge in [-0.15, -0.1) is 0 Å². The monoisotopic (exact) mass is 285 g/mol. The molecule has 1 aromatic carbocycles. The highest BCUT2D eigenvalue weighted by atomic mass is 32.2. The number of ether oxygens (including phenoxy) is 1. The SMILES string of the molecule is Cc1ccc(S(=O)(=O)NC(=O)OC/C=C/CO)cc1. The number of nitrogens with one attached hydrogen (secondary N) is 1. The van der Waals surface area contributed by atoms with Crippen molar-refractivity contribution in [2.24, 2.45) is 0 Å². The molecule has 0 aliphatic carbocycles. The molecule has 0 saturated heterocycles. The summed E-state index contributed by atoms with van der Waals surface area (Å²) in [5.41, 5.74) is 0.913. The second-order valence-electron chi connectivity index (χ2n) is 3.67. The maximum absolute atomic E-state index is 11.8. The number of benzene rings is 1. The van der Waals surface area contributed by atoms with Crippen LogP contribution in [-0.4, -0.2) is 32.8 Å². The number of rotatable bonds is 5. The predicted molar refractivity (Wildman–Crippen MR) is 69.1 cm³/mol. The van der Waals surface area contributed by atoms with Gasteiger partial charge in [-0.25, -0.2) is 17.9 Å². The summed E-state index contributed by atoms with van der Waals surface area (Å²) in [6.45, 7) is 1.54. The second kappa shape index (κ2) is 6.91.